The van der Waals surface area contributed by atoms with E-state index in [1.807, 2.05) is 30.5 Å². The highest BCUT2D eigenvalue weighted by Gasteiger charge is 2.31. The Kier molecular flexibility index (Phi) is 3.31. The Bertz CT molecular complexity index is 628. The van der Waals surface area contributed by atoms with Crippen molar-refractivity contribution in [3.63, 3.8) is 0 Å². The van der Waals surface area contributed by atoms with Gasteiger partial charge in [0.15, 0.2) is 0 Å². The molecule has 1 aliphatic rings. The van der Waals surface area contributed by atoms with E-state index >= 15 is 0 Å². The lowest BCUT2D eigenvalue weighted by Gasteiger charge is -2.24. The molecule has 2 aromatic heterocycles. The fourth-order valence-corrected chi connectivity index (χ4v) is 3.25. The molecule has 0 saturated heterocycles. The molecule has 0 N–H and O–H groups in total. The predicted molar refractivity (Wildman–Crippen MR) is 80.1 cm³/mol. The van der Waals surface area contributed by atoms with Crippen LogP contribution >= 0.6 is 0 Å². The van der Waals surface area contributed by atoms with Crippen molar-refractivity contribution < 1.29 is 0 Å². The third-order valence-corrected chi connectivity index (χ3v) is 4.39. The number of nitrogens with zero attached hydrogens (tertiary/aromatic N) is 3. The third kappa shape index (κ3) is 2.34. The van der Waals surface area contributed by atoms with Gasteiger partial charge in [0, 0.05) is 11.9 Å². The minimum Gasteiger partial charge on any atom is -0.317 e. The number of aromatic nitrogens is 2. The molecule has 1 aliphatic carbocycles. The first-order valence-corrected chi connectivity index (χ1v) is 7.21. The van der Waals surface area contributed by atoms with Crippen LogP contribution in [0.4, 0.5) is 5.69 Å². The van der Waals surface area contributed by atoms with Gasteiger partial charge in [-0.2, -0.15) is 0 Å². The maximum absolute atomic E-state index is 7.39. The smallest absolute Gasteiger partial charge is 0.208 e. The van der Waals surface area contributed by atoms with Crippen molar-refractivity contribution in [2.24, 2.45) is 5.41 Å². The van der Waals surface area contributed by atoms with Crippen molar-refractivity contribution >= 4 is 5.69 Å². The van der Waals surface area contributed by atoms with Crippen molar-refractivity contribution in [3.8, 4) is 5.82 Å². The summed E-state index contributed by atoms with van der Waals surface area (Å²) in [5, 5.41) is 0. The molecule has 0 unspecified atom stereocenters. The SMILES string of the molecule is [C-]#[N+]c1ccn(-c2ccccn2)c1CC1(C)CCCC1. The standard InChI is InChI=1S/C17H19N3/c1-17(9-4-5-10-17)13-15-14(18-2)8-12-20(15)16-7-3-6-11-19-16/h3,6-8,11-12H,4-5,9-10,13H2,1H3. The van der Waals surface area contributed by atoms with Crippen molar-refractivity contribution in [2.75, 3.05) is 0 Å². The van der Waals surface area contributed by atoms with Crippen LogP contribution in [0.2, 0.25) is 0 Å². The summed E-state index contributed by atoms with van der Waals surface area (Å²) in [4.78, 5) is 8.11. The van der Waals surface area contributed by atoms with Gasteiger partial charge in [-0.1, -0.05) is 25.8 Å². The van der Waals surface area contributed by atoms with Gasteiger partial charge >= 0.3 is 0 Å². The second-order valence-corrected chi connectivity index (χ2v) is 6.01. The first kappa shape index (κ1) is 12.9. The quantitative estimate of drug-likeness (QED) is 0.746. The Labute approximate surface area is 120 Å². The molecule has 0 aliphatic heterocycles. The fourth-order valence-electron chi connectivity index (χ4n) is 3.25. The average Bonchev–Trinajstić information content (AvgIpc) is 3.07. The van der Waals surface area contributed by atoms with Crippen LogP contribution in [0.25, 0.3) is 10.7 Å². The molecule has 0 aromatic carbocycles. The van der Waals surface area contributed by atoms with Crippen LogP contribution < -0.4 is 0 Å². The van der Waals surface area contributed by atoms with Gasteiger partial charge in [-0.15, -0.1) is 0 Å². The molecular formula is C17H19N3. The second kappa shape index (κ2) is 5.13. The van der Waals surface area contributed by atoms with E-state index in [9.17, 15) is 0 Å². The minimum atomic E-state index is 0.338. The van der Waals surface area contributed by atoms with Gasteiger partial charge in [0.2, 0.25) is 5.69 Å². The summed E-state index contributed by atoms with van der Waals surface area (Å²) in [5.74, 6) is 0.902. The van der Waals surface area contributed by atoms with Crippen LogP contribution in [0.15, 0.2) is 36.7 Å². The largest absolute Gasteiger partial charge is 0.317 e. The zero-order valence-corrected chi connectivity index (χ0v) is 11.8. The summed E-state index contributed by atoms with van der Waals surface area (Å²) in [6, 6.07) is 7.81. The molecule has 20 heavy (non-hydrogen) atoms. The number of hydrogen-bond donors (Lipinski definition) is 0. The fraction of sp³-hybridized carbons (Fsp3) is 0.412. The van der Waals surface area contributed by atoms with E-state index in [-0.39, 0.29) is 0 Å². The lowest BCUT2D eigenvalue weighted by Crippen LogP contribution is -2.17. The van der Waals surface area contributed by atoms with E-state index in [0.717, 1.165) is 23.6 Å². The Balaban J connectivity index is 2.00. The highest BCUT2D eigenvalue weighted by atomic mass is 15.1. The molecule has 2 aromatic rings. The van der Waals surface area contributed by atoms with Gasteiger partial charge in [-0.05, 0) is 49.1 Å². The molecule has 2 heterocycles. The van der Waals surface area contributed by atoms with Gasteiger partial charge in [0.25, 0.3) is 0 Å². The molecule has 3 heteroatoms. The van der Waals surface area contributed by atoms with Gasteiger partial charge in [-0.3, -0.25) is 0 Å². The number of hydrogen-bond acceptors (Lipinski definition) is 1. The lowest BCUT2D eigenvalue weighted by atomic mass is 9.83. The number of pyridine rings is 1. The minimum absolute atomic E-state index is 0.338. The summed E-state index contributed by atoms with van der Waals surface area (Å²) in [6.45, 7) is 9.74. The molecule has 0 radical (unpaired) electrons. The predicted octanol–water partition coefficient (Wildman–Crippen LogP) is 4.55. The van der Waals surface area contributed by atoms with Crippen LogP contribution in [0.1, 0.15) is 38.3 Å². The average molecular weight is 265 g/mol. The molecular weight excluding hydrogens is 246 g/mol. The van der Waals surface area contributed by atoms with Crippen LogP contribution in [0, 0.1) is 12.0 Å². The van der Waals surface area contributed by atoms with E-state index in [2.05, 4.69) is 21.3 Å². The van der Waals surface area contributed by atoms with Crippen molar-refractivity contribution in [2.45, 2.75) is 39.0 Å². The lowest BCUT2D eigenvalue weighted by molar-refractivity contribution is 0.330. The molecule has 1 fully saturated rings. The van der Waals surface area contributed by atoms with Gasteiger partial charge in [0.1, 0.15) is 5.82 Å². The Hall–Kier alpha value is -2.08. The van der Waals surface area contributed by atoms with Gasteiger partial charge in [0.05, 0.1) is 6.57 Å². The zero-order valence-electron chi connectivity index (χ0n) is 11.8. The van der Waals surface area contributed by atoms with E-state index in [4.69, 9.17) is 6.57 Å². The van der Waals surface area contributed by atoms with E-state index < -0.39 is 0 Å². The molecule has 3 nitrogen and oxygen atoms in total. The summed E-state index contributed by atoms with van der Waals surface area (Å²) in [5.41, 5.74) is 2.22. The highest BCUT2D eigenvalue weighted by Crippen LogP contribution is 2.42. The third-order valence-electron chi connectivity index (χ3n) is 4.39. The molecule has 0 spiro atoms. The highest BCUT2D eigenvalue weighted by molar-refractivity contribution is 5.53. The molecule has 0 amide bonds. The van der Waals surface area contributed by atoms with Crippen molar-refractivity contribution in [1.82, 2.24) is 9.55 Å². The first-order chi connectivity index (χ1) is 9.72. The number of rotatable bonds is 3. The van der Waals surface area contributed by atoms with Crippen LogP contribution in [0.5, 0.6) is 0 Å². The first-order valence-electron chi connectivity index (χ1n) is 7.21. The molecule has 102 valence electrons. The van der Waals surface area contributed by atoms with Crippen molar-refractivity contribution in [3.05, 3.63) is 53.8 Å². The molecule has 1 saturated carbocycles. The molecule has 0 bridgehead atoms. The zero-order chi connectivity index (χ0) is 14.0. The summed E-state index contributed by atoms with van der Waals surface area (Å²) in [7, 11) is 0. The Morgan fingerprint density at radius 3 is 2.75 bits per heavy atom. The maximum atomic E-state index is 7.39. The maximum Gasteiger partial charge on any atom is 0.208 e. The molecule has 3 rings (SSSR count). The van der Waals surface area contributed by atoms with E-state index in [0.29, 0.717) is 5.41 Å². The summed E-state index contributed by atoms with van der Waals surface area (Å²) >= 11 is 0. The van der Waals surface area contributed by atoms with Crippen molar-refractivity contribution in [1.29, 1.82) is 0 Å². The monoisotopic (exact) mass is 265 g/mol. The van der Waals surface area contributed by atoms with Gasteiger partial charge < -0.3 is 4.57 Å². The molecule has 0 atom stereocenters. The van der Waals surface area contributed by atoms with Crippen LogP contribution in [-0.2, 0) is 6.42 Å². The van der Waals surface area contributed by atoms with Crippen LogP contribution in [-0.4, -0.2) is 9.55 Å². The second-order valence-electron chi connectivity index (χ2n) is 6.01. The normalized spacial score (nSPS) is 17.0. The summed E-state index contributed by atoms with van der Waals surface area (Å²) in [6.07, 6.45) is 9.89. The topological polar surface area (TPSA) is 22.2 Å². The summed E-state index contributed by atoms with van der Waals surface area (Å²) < 4.78 is 2.08. The van der Waals surface area contributed by atoms with Crippen LogP contribution in [0.3, 0.4) is 0 Å². The Morgan fingerprint density at radius 2 is 2.10 bits per heavy atom. The Morgan fingerprint density at radius 1 is 1.30 bits per heavy atom. The van der Waals surface area contributed by atoms with E-state index in [1.165, 1.54) is 25.7 Å². The van der Waals surface area contributed by atoms with Gasteiger partial charge in [-0.25, -0.2) is 9.83 Å². The van der Waals surface area contributed by atoms with E-state index in [1.54, 1.807) is 6.20 Å².